The largest absolute Gasteiger partial charge is 0.379 e. The second kappa shape index (κ2) is 5.03. The van der Waals surface area contributed by atoms with Crippen molar-refractivity contribution in [3.8, 4) is 0 Å². The van der Waals surface area contributed by atoms with Crippen LogP contribution in [-0.4, -0.2) is 42.8 Å². The predicted octanol–water partition coefficient (Wildman–Crippen LogP) is 1.61. The molecule has 0 aromatic carbocycles. The van der Waals surface area contributed by atoms with Crippen LogP contribution in [0.4, 0.5) is 0 Å². The third kappa shape index (κ3) is 2.27. The van der Waals surface area contributed by atoms with Crippen LogP contribution in [0.5, 0.6) is 0 Å². The van der Waals surface area contributed by atoms with E-state index < -0.39 is 0 Å². The summed E-state index contributed by atoms with van der Waals surface area (Å²) in [5.41, 5.74) is 6.18. The first kappa shape index (κ1) is 12.3. The Morgan fingerprint density at radius 2 is 2.25 bits per heavy atom. The molecular formula is C13H26N2O. The first-order valence-corrected chi connectivity index (χ1v) is 6.72. The summed E-state index contributed by atoms with van der Waals surface area (Å²) in [4.78, 5) is 2.63. The van der Waals surface area contributed by atoms with E-state index in [2.05, 4.69) is 18.7 Å². The van der Waals surface area contributed by atoms with Crippen molar-refractivity contribution in [2.45, 2.75) is 51.1 Å². The van der Waals surface area contributed by atoms with Gasteiger partial charge in [-0.2, -0.15) is 0 Å². The van der Waals surface area contributed by atoms with Crippen LogP contribution >= 0.6 is 0 Å². The summed E-state index contributed by atoms with van der Waals surface area (Å²) in [5, 5.41) is 0. The van der Waals surface area contributed by atoms with Gasteiger partial charge in [0.25, 0.3) is 0 Å². The van der Waals surface area contributed by atoms with E-state index in [-0.39, 0.29) is 5.54 Å². The van der Waals surface area contributed by atoms with Gasteiger partial charge >= 0.3 is 0 Å². The summed E-state index contributed by atoms with van der Waals surface area (Å²) in [6.07, 6.45) is 4.99. The summed E-state index contributed by atoms with van der Waals surface area (Å²) in [6, 6.07) is 0.661. The van der Waals surface area contributed by atoms with Crippen molar-refractivity contribution in [2.75, 3.05) is 26.3 Å². The SMILES string of the molecule is CC1CCN(C2(CN)CCCOC2)C(C)C1. The van der Waals surface area contributed by atoms with Gasteiger partial charge in [0.05, 0.1) is 12.1 Å². The average molecular weight is 226 g/mol. The maximum atomic E-state index is 6.04. The first-order valence-electron chi connectivity index (χ1n) is 6.72. The van der Waals surface area contributed by atoms with Gasteiger partial charge in [0.2, 0.25) is 0 Å². The van der Waals surface area contributed by atoms with Crippen LogP contribution in [0.3, 0.4) is 0 Å². The molecular weight excluding hydrogens is 200 g/mol. The molecule has 0 bridgehead atoms. The van der Waals surface area contributed by atoms with Crippen LogP contribution in [0.25, 0.3) is 0 Å². The summed E-state index contributed by atoms with van der Waals surface area (Å²) < 4.78 is 5.68. The Hall–Kier alpha value is -0.120. The minimum atomic E-state index is 0.137. The lowest BCUT2D eigenvalue weighted by molar-refractivity contribution is -0.0753. The molecule has 2 N–H and O–H groups in total. The molecule has 2 aliphatic heterocycles. The van der Waals surface area contributed by atoms with Crippen molar-refractivity contribution in [1.82, 2.24) is 4.90 Å². The number of piperidine rings is 1. The fraction of sp³-hybridized carbons (Fsp3) is 1.00. The Bertz CT molecular complexity index is 226. The topological polar surface area (TPSA) is 38.5 Å². The van der Waals surface area contributed by atoms with Crippen LogP contribution < -0.4 is 5.73 Å². The minimum absolute atomic E-state index is 0.137. The monoisotopic (exact) mass is 226 g/mol. The number of ether oxygens (including phenoxy) is 1. The Morgan fingerprint density at radius 3 is 2.81 bits per heavy atom. The molecule has 2 fully saturated rings. The molecule has 2 aliphatic rings. The van der Waals surface area contributed by atoms with E-state index in [1.165, 1.54) is 25.8 Å². The number of hydrogen-bond acceptors (Lipinski definition) is 3. The van der Waals surface area contributed by atoms with Gasteiger partial charge in [0.15, 0.2) is 0 Å². The maximum Gasteiger partial charge on any atom is 0.0662 e. The second-order valence-corrected chi connectivity index (χ2v) is 5.76. The van der Waals surface area contributed by atoms with Crippen LogP contribution in [-0.2, 0) is 4.74 Å². The van der Waals surface area contributed by atoms with Gasteiger partial charge in [-0.25, -0.2) is 0 Å². The lowest BCUT2D eigenvalue weighted by Crippen LogP contribution is -2.63. The van der Waals surface area contributed by atoms with Gasteiger partial charge in [-0.1, -0.05) is 6.92 Å². The lowest BCUT2D eigenvalue weighted by atomic mass is 9.84. The molecule has 3 heteroatoms. The minimum Gasteiger partial charge on any atom is -0.379 e. The normalized spacial score (nSPS) is 42.2. The zero-order valence-corrected chi connectivity index (χ0v) is 10.7. The van der Waals surface area contributed by atoms with Gasteiger partial charge in [-0.15, -0.1) is 0 Å². The lowest BCUT2D eigenvalue weighted by Gasteiger charge is -2.51. The molecule has 0 amide bonds. The zero-order chi connectivity index (χ0) is 11.6. The number of rotatable bonds is 2. The Balaban J connectivity index is 2.07. The Kier molecular flexibility index (Phi) is 3.88. The number of hydrogen-bond donors (Lipinski definition) is 1. The van der Waals surface area contributed by atoms with Crippen LogP contribution in [0.15, 0.2) is 0 Å². The highest BCUT2D eigenvalue weighted by atomic mass is 16.5. The highest BCUT2D eigenvalue weighted by molar-refractivity contribution is 4.97. The smallest absolute Gasteiger partial charge is 0.0662 e. The molecule has 94 valence electrons. The van der Waals surface area contributed by atoms with Gasteiger partial charge < -0.3 is 10.5 Å². The molecule has 0 aliphatic carbocycles. The molecule has 3 atom stereocenters. The summed E-state index contributed by atoms with van der Waals surface area (Å²) in [5.74, 6) is 0.866. The third-order valence-corrected chi connectivity index (χ3v) is 4.43. The molecule has 0 radical (unpaired) electrons. The van der Waals surface area contributed by atoms with Crippen molar-refractivity contribution < 1.29 is 4.74 Å². The van der Waals surface area contributed by atoms with E-state index in [4.69, 9.17) is 10.5 Å². The Morgan fingerprint density at radius 1 is 1.44 bits per heavy atom. The fourth-order valence-corrected chi connectivity index (χ4v) is 3.45. The van der Waals surface area contributed by atoms with Crippen molar-refractivity contribution in [2.24, 2.45) is 11.7 Å². The number of nitrogens with two attached hydrogens (primary N) is 1. The fourth-order valence-electron chi connectivity index (χ4n) is 3.45. The molecule has 2 saturated heterocycles. The molecule has 0 saturated carbocycles. The number of nitrogens with zero attached hydrogens (tertiary/aromatic N) is 1. The van der Waals surface area contributed by atoms with Gasteiger partial charge in [-0.3, -0.25) is 4.90 Å². The van der Waals surface area contributed by atoms with Crippen LogP contribution in [0.2, 0.25) is 0 Å². The quantitative estimate of drug-likeness (QED) is 0.777. The zero-order valence-electron chi connectivity index (χ0n) is 10.7. The first-order chi connectivity index (χ1) is 7.68. The molecule has 0 aromatic heterocycles. The van der Waals surface area contributed by atoms with Crippen LogP contribution in [0.1, 0.15) is 39.5 Å². The third-order valence-electron chi connectivity index (χ3n) is 4.43. The van der Waals surface area contributed by atoms with Crippen molar-refractivity contribution in [3.05, 3.63) is 0 Å². The van der Waals surface area contributed by atoms with Crippen molar-refractivity contribution in [3.63, 3.8) is 0 Å². The van der Waals surface area contributed by atoms with E-state index in [0.29, 0.717) is 6.04 Å². The van der Waals surface area contributed by atoms with Gasteiger partial charge in [-0.05, 0) is 45.1 Å². The van der Waals surface area contributed by atoms with Gasteiger partial charge in [0.1, 0.15) is 0 Å². The van der Waals surface area contributed by atoms with E-state index in [1.54, 1.807) is 0 Å². The standard InChI is InChI=1S/C13H26N2O/c1-11-4-6-15(12(2)8-11)13(9-14)5-3-7-16-10-13/h11-12H,3-10,14H2,1-2H3. The molecule has 0 spiro atoms. The molecule has 3 nitrogen and oxygen atoms in total. The van der Waals surface area contributed by atoms with Crippen LogP contribution in [0, 0.1) is 5.92 Å². The average Bonchev–Trinajstić information content (AvgIpc) is 2.30. The van der Waals surface area contributed by atoms with Crippen molar-refractivity contribution in [1.29, 1.82) is 0 Å². The molecule has 2 rings (SSSR count). The van der Waals surface area contributed by atoms with Crippen molar-refractivity contribution >= 4 is 0 Å². The second-order valence-electron chi connectivity index (χ2n) is 5.76. The van der Waals surface area contributed by atoms with E-state index in [0.717, 1.165) is 32.1 Å². The molecule has 2 heterocycles. The van der Waals surface area contributed by atoms with E-state index >= 15 is 0 Å². The Labute approximate surface area is 99.3 Å². The molecule has 16 heavy (non-hydrogen) atoms. The highest BCUT2D eigenvalue weighted by Gasteiger charge is 2.41. The van der Waals surface area contributed by atoms with E-state index in [9.17, 15) is 0 Å². The number of likely N-dealkylation sites (tertiary alicyclic amines) is 1. The summed E-state index contributed by atoms with van der Waals surface area (Å²) in [6.45, 7) is 8.40. The molecule has 0 aromatic rings. The molecule has 3 unspecified atom stereocenters. The van der Waals surface area contributed by atoms with E-state index in [1.807, 2.05) is 0 Å². The summed E-state index contributed by atoms with van der Waals surface area (Å²) in [7, 11) is 0. The highest BCUT2D eigenvalue weighted by Crippen LogP contribution is 2.33. The summed E-state index contributed by atoms with van der Waals surface area (Å²) >= 11 is 0. The van der Waals surface area contributed by atoms with Gasteiger partial charge in [0, 0.05) is 19.2 Å². The predicted molar refractivity (Wildman–Crippen MR) is 66.4 cm³/mol. The maximum absolute atomic E-state index is 6.04.